The molecule has 0 atom stereocenters. The van der Waals surface area contributed by atoms with Crippen LogP contribution < -0.4 is 5.32 Å². The number of nitrogens with one attached hydrogen (secondary N) is 1. The maximum absolute atomic E-state index is 11.8. The zero-order valence-corrected chi connectivity index (χ0v) is 12.1. The van der Waals surface area contributed by atoms with Crippen LogP contribution in [0.1, 0.15) is 28.5 Å². The molecule has 20 heavy (non-hydrogen) atoms. The highest BCUT2D eigenvalue weighted by Gasteiger charge is 2.16. The molecule has 0 aromatic carbocycles. The van der Waals surface area contributed by atoms with Gasteiger partial charge in [0.25, 0.3) is 0 Å². The van der Waals surface area contributed by atoms with E-state index in [1.165, 1.54) is 5.56 Å². The number of carbonyl (C=O) groups is 1. The van der Waals surface area contributed by atoms with Gasteiger partial charge in [-0.2, -0.15) is 0 Å². The Morgan fingerprint density at radius 2 is 2.45 bits per heavy atom. The Balaban J connectivity index is 1.57. The van der Waals surface area contributed by atoms with Crippen LogP contribution in [0.5, 0.6) is 0 Å². The van der Waals surface area contributed by atoms with Gasteiger partial charge in [-0.25, -0.2) is 0 Å². The molecule has 0 bridgehead atoms. The summed E-state index contributed by atoms with van der Waals surface area (Å²) in [7, 11) is 0. The van der Waals surface area contributed by atoms with Crippen molar-refractivity contribution in [3.05, 3.63) is 39.6 Å². The summed E-state index contributed by atoms with van der Waals surface area (Å²) in [6.45, 7) is 3.42. The molecule has 6 heteroatoms. The van der Waals surface area contributed by atoms with Crippen molar-refractivity contribution in [1.82, 2.24) is 20.1 Å². The Kier molecular flexibility index (Phi) is 3.64. The van der Waals surface area contributed by atoms with Crippen LogP contribution in [0.25, 0.3) is 6.08 Å². The van der Waals surface area contributed by atoms with Gasteiger partial charge in [0, 0.05) is 23.9 Å². The molecule has 0 saturated heterocycles. The summed E-state index contributed by atoms with van der Waals surface area (Å²) in [6.07, 6.45) is 5.52. The average molecular weight is 288 g/mol. The Morgan fingerprint density at radius 3 is 3.25 bits per heavy atom. The minimum absolute atomic E-state index is 0.104. The molecule has 5 nitrogen and oxygen atoms in total. The maximum atomic E-state index is 11.8. The second kappa shape index (κ2) is 5.58. The highest BCUT2D eigenvalue weighted by Crippen LogP contribution is 2.17. The molecule has 1 N–H and O–H groups in total. The van der Waals surface area contributed by atoms with E-state index in [1.54, 1.807) is 17.4 Å². The zero-order chi connectivity index (χ0) is 13.9. The van der Waals surface area contributed by atoms with Crippen molar-refractivity contribution in [1.29, 1.82) is 0 Å². The van der Waals surface area contributed by atoms with Gasteiger partial charge >= 0.3 is 0 Å². The molecule has 1 amide bonds. The predicted octanol–water partition coefficient (Wildman–Crippen LogP) is 1.92. The van der Waals surface area contributed by atoms with Crippen molar-refractivity contribution in [2.75, 3.05) is 0 Å². The number of amides is 1. The Morgan fingerprint density at radius 1 is 1.55 bits per heavy atom. The van der Waals surface area contributed by atoms with Gasteiger partial charge < -0.3 is 9.88 Å². The number of carbonyl (C=O) groups excluding carboxylic acids is 1. The minimum Gasteiger partial charge on any atom is -0.345 e. The van der Waals surface area contributed by atoms with Crippen LogP contribution in [-0.2, 0) is 24.3 Å². The number of rotatable bonds is 4. The largest absolute Gasteiger partial charge is 0.345 e. The lowest BCUT2D eigenvalue weighted by molar-refractivity contribution is -0.116. The van der Waals surface area contributed by atoms with Crippen molar-refractivity contribution < 1.29 is 4.79 Å². The van der Waals surface area contributed by atoms with E-state index in [4.69, 9.17) is 0 Å². The smallest absolute Gasteiger partial charge is 0.244 e. The summed E-state index contributed by atoms with van der Waals surface area (Å²) in [5.74, 6) is 1.76. The fourth-order valence-corrected chi connectivity index (χ4v) is 3.09. The molecule has 0 spiro atoms. The van der Waals surface area contributed by atoms with Crippen molar-refractivity contribution in [3.63, 3.8) is 0 Å². The van der Waals surface area contributed by atoms with Crippen LogP contribution in [0.2, 0.25) is 0 Å². The molecule has 1 aliphatic heterocycles. The minimum atomic E-state index is -0.104. The lowest BCUT2D eigenvalue weighted by Crippen LogP contribution is -2.22. The summed E-state index contributed by atoms with van der Waals surface area (Å²) in [6, 6.07) is 2.04. The first kappa shape index (κ1) is 13.1. The van der Waals surface area contributed by atoms with Crippen LogP contribution in [0, 0.1) is 6.92 Å². The SMILES string of the molecule is Cc1ccsc1C=CC(=O)NCc1nnc2n1CCC2. The van der Waals surface area contributed by atoms with Gasteiger partial charge in [-0.1, -0.05) is 0 Å². The van der Waals surface area contributed by atoms with Crippen molar-refractivity contribution in [3.8, 4) is 0 Å². The molecule has 3 heterocycles. The van der Waals surface area contributed by atoms with Crippen molar-refractivity contribution >= 4 is 23.3 Å². The van der Waals surface area contributed by atoms with Gasteiger partial charge in [-0.05, 0) is 36.4 Å². The molecule has 2 aromatic heterocycles. The van der Waals surface area contributed by atoms with Crippen LogP contribution in [0.15, 0.2) is 17.5 Å². The second-order valence-electron chi connectivity index (χ2n) is 4.81. The number of aryl methyl sites for hydroxylation is 2. The van der Waals surface area contributed by atoms with Crippen LogP contribution in [0.3, 0.4) is 0 Å². The summed E-state index contributed by atoms with van der Waals surface area (Å²) in [5, 5.41) is 13.1. The van der Waals surface area contributed by atoms with Crippen molar-refractivity contribution in [2.24, 2.45) is 0 Å². The quantitative estimate of drug-likeness (QED) is 0.874. The monoisotopic (exact) mass is 288 g/mol. The predicted molar refractivity (Wildman–Crippen MR) is 78.3 cm³/mol. The lowest BCUT2D eigenvalue weighted by atomic mass is 10.3. The summed E-state index contributed by atoms with van der Waals surface area (Å²) >= 11 is 1.63. The first-order chi connectivity index (χ1) is 9.74. The van der Waals surface area contributed by atoms with E-state index < -0.39 is 0 Å². The lowest BCUT2D eigenvalue weighted by Gasteiger charge is -2.03. The Labute approximate surface area is 121 Å². The molecule has 1 aliphatic rings. The third-order valence-corrected chi connectivity index (χ3v) is 4.38. The highest BCUT2D eigenvalue weighted by molar-refractivity contribution is 7.11. The molecule has 3 rings (SSSR count). The molecular weight excluding hydrogens is 272 g/mol. The molecule has 0 radical (unpaired) electrons. The summed E-state index contributed by atoms with van der Waals surface area (Å²) in [4.78, 5) is 12.9. The fraction of sp³-hybridized carbons (Fsp3) is 0.357. The number of hydrogen-bond acceptors (Lipinski definition) is 4. The van der Waals surface area contributed by atoms with E-state index >= 15 is 0 Å². The van der Waals surface area contributed by atoms with Gasteiger partial charge in [-0.15, -0.1) is 21.5 Å². The summed E-state index contributed by atoms with van der Waals surface area (Å²) in [5.41, 5.74) is 1.19. The molecule has 104 valence electrons. The maximum Gasteiger partial charge on any atom is 0.244 e. The van der Waals surface area contributed by atoms with E-state index in [0.29, 0.717) is 6.54 Å². The third-order valence-electron chi connectivity index (χ3n) is 3.39. The van der Waals surface area contributed by atoms with E-state index in [-0.39, 0.29) is 5.91 Å². The van der Waals surface area contributed by atoms with E-state index in [2.05, 4.69) is 20.1 Å². The molecule has 0 aliphatic carbocycles. The van der Waals surface area contributed by atoms with E-state index in [1.807, 2.05) is 24.4 Å². The molecule has 0 fully saturated rings. The zero-order valence-electron chi connectivity index (χ0n) is 11.3. The van der Waals surface area contributed by atoms with Gasteiger partial charge in [0.05, 0.1) is 6.54 Å². The van der Waals surface area contributed by atoms with Crippen LogP contribution in [-0.4, -0.2) is 20.7 Å². The van der Waals surface area contributed by atoms with Crippen LogP contribution in [0.4, 0.5) is 0 Å². The summed E-state index contributed by atoms with van der Waals surface area (Å²) < 4.78 is 2.09. The normalized spacial score (nSPS) is 13.8. The van der Waals surface area contributed by atoms with Gasteiger partial charge in [0.1, 0.15) is 5.82 Å². The molecule has 0 saturated carbocycles. The van der Waals surface area contributed by atoms with Gasteiger partial charge in [-0.3, -0.25) is 4.79 Å². The van der Waals surface area contributed by atoms with Crippen LogP contribution >= 0.6 is 11.3 Å². The number of hydrogen-bond donors (Lipinski definition) is 1. The first-order valence-electron chi connectivity index (χ1n) is 6.65. The average Bonchev–Trinajstić information content (AvgIpc) is 3.11. The van der Waals surface area contributed by atoms with E-state index in [0.717, 1.165) is 35.9 Å². The molecule has 2 aromatic rings. The third kappa shape index (κ3) is 2.65. The second-order valence-corrected chi connectivity index (χ2v) is 5.75. The first-order valence-corrected chi connectivity index (χ1v) is 7.53. The fourth-order valence-electron chi connectivity index (χ4n) is 2.27. The topological polar surface area (TPSA) is 59.8 Å². The number of aromatic nitrogens is 3. The highest BCUT2D eigenvalue weighted by atomic mass is 32.1. The Hall–Kier alpha value is -1.95. The number of nitrogens with zero attached hydrogens (tertiary/aromatic N) is 3. The van der Waals surface area contributed by atoms with Gasteiger partial charge in [0.15, 0.2) is 5.82 Å². The number of thiophene rings is 1. The standard InChI is InChI=1S/C14H16N4OS/c1-10-6-8-20-11(10)4-5-14(19)15-9-13-17-16-12-3-2-7-18(12)13/h4-6,8H,2-3,7,9H2,1H3,(H,15,19). The van der Waals surface area contributed by atoms with Crippen molar-refractivity contribution in [2.45, 2.75) is 32.9 Å². The molecule has 0 unspecified atom stereocenters. The number of fused-ring (bicyclic) bond motifs is 1. The molecular formula is C14H16N4OS. The van der Waals surface area contributed by atoms with E-state index in [9.17, 15) is 4.79 Å². The Bertz CT molecular complexity index is 656. The van der Waals surface area contributed by atoms with Gasteiger partial charge in [0.2, 0.25) is 5.91 Å².